The Bertz CT molecular complexity index is 667. The van der Waals surface area contributed by atoms with Gasteiger partial charge in [-0.1, -0.05) is 13.0 Å². The molecule has 1 heterocycles. The van der Waals surface area contributed by atoms with Gasteiger partial charge in [-0.3, -0.25) is 4.79 Å². The van der Waals surface area contributed by atoms with Crippen LogP contribution in [0.4, 0.5) is 5.13 Å². The predicted molar refractivity (Wildman–Crippen MR) is 88.1 cm³/mol. The van der Waals surface area contributed by atoms with Crippen LogP contribution < -0.4 is 14.8 Å². The maximum Gasteiger partial charge on any atom is 0.230 e. The molecule has 1 N–H and O–H groups in total. The van der Waals surface area contributed by atoms with Gasteiger partial charge in [-0.15, -0.1) is 11.3 Å². The molecule has 0 fully saturated rings. The number of aromatic nitrogens is 1. The average molecular weight is 320 g/mol. The van der Waals surface area contributed by atoms with Gasteiger partial charge >= 0.3 is 0 Å². The highest BCUT2D eigenvalue weighted by molar-refractivity contribution is 7.15. The summed E-state index contributed by atoms with van der Waals surface area (Å²) in [6.45, 7) is 4.07. The first kappa shape index (κ1) is 16.3. The molecule has 0 unspecified atom stereocenters. The molecular formula is C16H20N2O3S. The number of rotatable bonds is 6. The molecule has 0 aliphatic heterocycles. The number of ether oxygens (including phenoxy) is 2. The third kappa shape index (κ3) is 3.76. The van der Waals surface area contributed by atoms with Crippen molar-refractivity contribution in [1.29, 1.82) is 0 Å². The fourth-order valence-electron chi connectivity index (χ4n) is 2.15. The van der Waals surface area contributed by atoms with Gasteiger partial charge in [0.2, 0.25) is 5.91 Å². The third-order valence-electron chi connectivity index (χ3n) is 3.29. The molecule has 1 aromatic heterocycles. The lowest BCUT2D eigenvalue weighted by molar-refractivity contribution is -0.115. The quantitative estimate of drug-likeness (QED) is 0.888. The number of carbonyl (C=O) groups is 1. The molecule has 22 heavy (non-hydrogen) atoms. The summed E-state index contributed by atoms with van der Waals surface area (Å²) < 4.78 is 10.4. The lowest BCUT2D eigenvalue weighted by Gasteiger charge is -2.09. The molecule has 2 aromatic rings. The van der Waals surface area contributed by atoms with Gasteiger partial charge in [0, 0.05) is 4.88 Å². The van der Waals surface area contributed by atoms with Gasteiger partial charge < -0.3 is 14.8 Å². The van der Waals surface area contributed by atoms with Crippen LogP contribution in [0.1, 0.15) is 23.1 Å². The van der Waals surface area contributed by atoms with E-state index in [0.29, 0.717) is 16.6 Å². The van der Waals surface area contributed by atoms with Gasteiger partial charge in [0.15, 0.2) is 16.6 Å². The highest BCUT2D eigenvalue weighted by atomic mass is 32.1. The highest BCUT2D eigenvalue weighted by Crippen LogP contribution is 2.28. The predicted octanol–water partition coefficient (Wildman–Crippen LogP) is 3.21. The van der Waals surface area contributed by atoms with Crippen LogP contribution in [0, 0.1) is 6.92 Å². The van der Waals surface area contributed by atoms with Crippen molar-refractivity contribution in [3.8, 4) is 11.5 Å². The van der Waals surface area contributed by atoms with Crippen LogP contribution in [0.3, 0.4) is 0 Å². The normalized spacial score (nSPS) is 10.4. The summed E-state index contributed by atoms with van der Waals surface area (Å²) in [7, 11) is 3.16. The number of nitrogens with one attached hydrogen (secondary N) is 1. The summed E-state index contributed by atoms with van der Waals surface area (Å²) in [4.78, 5) is 17.7. The maximum absolute atomic E-state index is 12.1. The average Bonchev–Trinajstić information content (AvgIpc) is 2.86. The first-order chi connectivity index (χ1) is 10.6. The van der Waals surface area contributed by atoms with Crippen LogP contribution in [-0.4, -0.2) is 25.1 Å². The second kappa shape index (κ2) is 7.26. The second-order valence-electron chi connectivity index (χ2n) is 4.79. The smallest absolute Gasteiger partial charge is 0.230 e. The summed E-state index contributed by atoms with van der Waals surface area (Å²) in [6.07, 6.45) is 1.13. The number of anilines is 1. The Morgan fingerprint density at radius 3 is 2.59 bits per heavy atom. The third-order valence-corrected chi connectivity index (χ3v) is 4.22. The van der Waals surface area contributed by atoms with Crippen LogP contribution in [0.2, 0.25) is 0 Å². The van der Waals surface area contributed by atoms with Gasteiger partial charge in [0.1, 0.15) is 0 Å². The van der Waals surface area contributed by atoms with Crippen molar-refractivity contribution in [2.45, 2.75) is 26.7 Å². The molecular weight excluding hydrogens is 300 g/mol. The zero-order valence-electron chi connectivity index (χ0n) is 13.2. The minimum Gasteiger partial charge on any atom is -0.493 e. The SMILES string of the molecule is CCc1nc(NC(=O)Cc2ccc(OC)c(OC)c2)sc1C. The second-order valence-corrected chi connectivity index (χ2v) is 5.99. The van der Waals surface area contributed by atoms with E-state index in [1.807, 2.05) is 19.1 Å². The fourth-order valence-corrected chi connectivity index (χ4v) is 3.07. The molecule has 0 atom stereocenters. The number of hydrogen-bond acceptors (Lipinski definition) is 5. The molecule has 0 saturated heterocycles. The molecule has 118 valence electrons. The van der Waals surface area contributed by atoms with Crippen molar-refractivity contribution in [2.75, 3.05) is 19.5 Å². The number of hydrogen-bond donors (Lipinski definition) is 1. The summed E-state index contributed by atoms with van der Waals surface area (Å²) in [6, 6.07) is 5.46. The number of nitrogens with zero attached hydrogens (tertiary/aromatic N) is 1. The molecule has 0 spiro atoms. The zero-order chi connectivity index (χ0) is 16.1. The molecule has 0 bridgehead atoms. The number of benzene rings is 1. The van der Waals surface area contributed by atoms with E-state index < -0.39 is 0 Å². The van der Waals surface area contributed by atoms with E-state index in [1.165, 1.54) is 11.3 Å². The lowest BCUT2D eigenvalue weighted by Crippen LogP contribution is -2.14. The molecule has 5 nitrogen and oxygen atoms in total. The van der Waals surface area contributed by atoms with E-state index in [-0.39, 0.29) is 12.3 Å². The lowest BCUT2D eigenvalue weighted by atomic mass is 10.1. The van der Waals surface area contributed by atoms with Gasteiger partial charge in [-0.25, -0.2) is 4.98 Å². The Labute approximate surface area is 134 Å². The van der Waals surface area contributed by atoms with Gasteiger partial charge in [-0.2, -0.15) is 0 Å². The summed E-state index contributed by atoms with van der Waals surface area (Å²) in [5.74, 6) is 1.17. The summed E-state index contributed by atoms with van der Waals surface area (Å²) >= 11 is 1.50. The molecule has 0 saturated carbocycles. The van der Waals surface area contributed by atoms with E-state index in [9.17, 15) is 4.79 Å². The van der Waals surface area contributed by atoms with Crippen molar-refractivity contribution >= 4 is 22.4 Å². The Kier molecular flexibility index (Phi) is 5.38. The van der Waals surface area contributed by atoms with Crippen LogP contribution in [-0.2, 0) is 17.6 Å². The minimum atomic E-state index is -0.0939. The van der Waals surface area contributed by atoms with Crippen LogP contribution in [0.5, 0.6) is 11.5 Å². The van der Waals surface area contributed by atoms with Crippen molar-refractivity contribution < 1.29 is 14.3 Å². The van der Waals surface area contributed by atoms with Gasteiger partial charge in [-0.05, 0) is 31.0 Å². The topological polar surface area (TPSA) is 60.5 Å². The number of amides is 1. The number of aryl methyl sites for hydroxylation is 2. The summed E-state index contributed by atoms with van der Waals surface area (Å²) in [5.41, 5.74) is 1.89. The molecule has 0 aliphatic carbocycles. The van der Waals surface area contributed by atoms with E-state index >= 15 is 0 Å². The van der Waals surface area contributed by atoms with Crippen LogP contribution >= 0.6 is 11.3 Å². The van der Waals surface area contributed by atoms with Crippen molar-refractivity contribution in [3.63, 3.8) is 0 Å². The van der Waals surface area contributed by atoms with E-state index in [2.05, 4.69) is 17.2 Å². The van der Waals surface area contributed by atoms with E-state index in [4.69, 9.17) is 9.47 Å². The molecule has 2 rings (SSSR count). The van der Waals surface area contributed by atoms with Crippen molar-refractivity contribution in [2.24, 2.45) is 0 Å². The highest BCUT2D eigenvalue weighted by Gasteiger charge is 2.11. The molecule has 0 radical (unpaired) electrons. The first-order valence-electron chi connectivity index (χ1n) is 7.04. The van der Waals surface area contributed by atoms with E-state index in [0.717, 1.165) is 22.6 Å². The maximum atomic E-state index is 12.1. The Balaban J connectivity index is 2.05. The van der Waals surface area contributed by atoms with Crippen LogP contribution in [0.15, 0.2) is 18.2 Å². The Morgan fingerprint density at radius 1 is 1.27 bits per heavy atom. The minimum absolute atomic E-state index is 0.0939. The zero-order valence-corrected chi connectivity index (χ0v) is 14.0. The molecule has 1 aromatic carbocycles. The molecule has 0 aliphatic rings. The van der Waals surface area contributed by atoms with Gasteiger partial charge in [0.25, 0.3) is 0 Å². The largest absolute Gasteiger partial charge is 0.493 e. The van der Waals surface area contributed by atoms with Crippen LogP contribution in [0.25, 0.3) is 0 Å². The van der Waals surface area contributed by atoms with Gasteiger partial charge in [0.05, 0.1) is 26.3 Å². The Morgan fingerprint density at radius 2 is 2.00 bits per heavy atom. The monoisotopic (exact) mass is 320 g/mol. The first-order valence-corrected chi connectivity index (χ1v) is 7.86. The van der Waals surface area contributed by atoms with E-state index in [1.54, 1.807) is 20.3 Å². The Hall–Kier alpha value is -2.08. The standard InChI is InChI=1S/C16H20N2O3S/c1-5-12-10(2)22-16(17-12)18-15(19)9-11-6-7-13(20-3)14(8-11)21-4/h6-8H,5,9H2,1-4H3,(H,17,18,19). The fraction of sp³-hybridized carbons (Fsp3) is 0.375. The van der Waals surface area contributed by atoms with Crippen molar-refractivity contribution in [3.05, 3.63) is 34.3 Å². The number of methoxy groups -OCH3 is 2. The molecule has 6 heteroatoms. The number of carbonyl (C=O) groups excluding carboxylic acids is 1. The molecule has 1 amide bonds. The van der Waals surface area contributed by atoms with Crippen molar-refractivity contribution in [1.82, 2.24) is 4.98 Å². The number of thiazole rings is 1. The summed E-state index contributed by atoms with van der Waals surface area (Å²) in [5, 5.41) is 3.50.